The number of aryl methyl sites for hydroxylation is 1. The highest BCUT2D eigenvalue weighted by Crippen LogP contribution is 2.47. The second-order valence-corrected chi connectivity index (χ2v) is 15.3. The molecule has 7 nitrogen and oxygen atoms in total. The van der Waals surface area contributed by atoms with Crippen LogP contribution in [0.25, 0.3) is 16.8 Å². The first-order valence-electron chi connectivity index (χ1n) is 21.0. The first-order valence-corrected chi connectivity index (χ1v) is 21.0. The normalized spacial score (nSPS) is 16.1. The van der Waals surface area contributed by atoms with Gasteiger partial charge in [0.15, 0.2) is 5.60 Å². The molecule has 1 unspecified atom stereocenters. The van der Waals surface area contributed by atoms with Gasteiger partial charge in [-0.2, -0.15) is 0 Å². The number of aliphatic imine (C=N–C) groups is 1. The third-order valence-corrected chi connectivity index (χ3v) is 11.3. The second-order valence-electron chi connectivity index (χ2n) is 15.3. The summed E-state index contributed by atoms with van der Waals surface area (Å²) >= 11 is 0. The number of ether oxygens (including phenoxy) is 3. The van der Waals surface area contributed by atoms with Crippen LogP contribution in [0.1, 0.15) is 101 Å². The number of benzene rings is 6. The van der Waals surface area contributed by atoms with Gasteiger partial charge < -0.3 is 19.1 Å². The minimum Gasteiger partial charge on any atom is -0.472 e. The zero-order chi connectivity index (χ0) is 40.6. The Hall–Kier alpha value is -6.47. The van der Waals surface area contributed by atoms with Gasteiger partial charge in [0.25, 0.3) is 0 Å². The van der Waals surface area contributed by atoms with E-state index in [1.54, 1.807) is 18.3 Å². The van der Waals surface area contributed by atoms with Gasteiger partial charge >= 0.3 is 11.9 Å². The molecule has 2 aliphatic heterocycles. The van der Waals surface area contributed by atoms with Crippen molar-refractivity contribution in [3.8, 4) is 11.5 Å². The third kappa shape index (κ3) is 8.70. The van der Waals surface area contributed by atoms with Crippen LogP contribution in [-0.4, -0.2) is 37.8 Å². The maximum atomic E-state index is 13.5. The molecular weight excluding hydrogens is 733 g/mol. The topological polar surface area (TPSA) is 77.4 Å². The zero-order valence-corrected chi connectivity index (χ0v) is 33.9. The fourth-order valence-electron chi connectivity index (χ4n) is 8.06. The molecule has 1 atom stereocenters. The molecule has 6 aromatic rings. The maximum absolute atomic E-state index is 13.5. The molecule has 0 saturated carbocycles. The maximum Gasteiger partial charge on any atom is 0.343 e. The molecule has 59 heavy (non-hydrogen) atoms. The quantitative estimate of drug-likeness (QED) is 0.0502. The fourth-order valence-corrected chi connectivity index (χ4v) is 8.06. The van der Waals surface area contributed by atoms with Gasteiger partial charge in [0.1, 0.15) is 11.5 Å². The number of anilines is 1. The number of hydrogen-bond donors (Lipinski definition) is 0. The van der Waals surface area contributed by atoms with Gasteiger partial charge in [0, 0.05) is 47.1 Å². The van der Waals surface area contributed by atoms with Crippen molar-refractivity contribution in [2.45, 2.75) is 64.4 Å². The van der Waals surface area contributed by atoms with Crippen molar-refractivity contribution in [3.63, 3.8) is 0 Å². The lowest BCUT2D eigenvalue weighted by Crippen LogP contribution is -2.35. The Bertz CT molecular complexity index is 2470. The number of carbonyl (C=O) groups excluding carboxylic acids is 2. The summed E-state index contributed by atoms with van der Waals surface area (Å²) in [6.07, 6.45) is 14.1. The predicted molar refractivity (Wildman–Crippen MR) is 238 cm³/mol. The fraction of sp³-hybridized carbons (Fsp3) is 0.250. The summed E-state index contributed by atoms with van der Waals surface area (Å²) < 4.78 is 18.4. The monoisotopic (exact) mass is 782 g/mol. The van der Waals surface area contributed by atoms with Gasteiger partial charge in [-0.3, -0.25) is 4.99 Å². The van der Waals surface area contributed by atoms with E-state index in [1.165, 1.54) is 43.4 Å². The van der Waals surface area contributed by atoms with Gasteiger partial charge in [-0.05, 0) is 128 Å². The minimum atomic E-state index is -0.942. The van der Waals surface area contributed by atoms with E-state index >= 15 is 0 Å². The van der Waals surface area contributed by atoms with Gasteiger partial charge in [0.2, 0.25) is 0 Å². The molecule has 6 aromatic carbocycles. The average molecular weight is 783 g/mol. The van der Waals surface area contributed by atoms with Crippen molar-refractivity contribution in [1.29, 1.82) is 0 Å². The highest BCUT2D eigenvalue weighted by Gasteiger charge is 2.39. The number of carbonyl (C=O) groups is 2. The van der Waals surface area contributed by atoms with Gasteiger partial charge in [-0.25, -0.2) is 9.59 Å². The van der Waals surface area contributed by atoms with Crippen LogP contribution in [0, 0.1) is 0 Å². The van der Waals surface area contributed by atoms with Crippen molar-refractivity contribution in [2.75, 3.05) is 24.6 Å². The Morgan fingerprint density at radius 2 is 1.53 bits per heavy atom. The van der Waals surface area contributed by atoms with E-state index in [0.717, 1.165) is 53.4 Å². The van der Waals surface area contributed by atoms with E-state index in [0.29, 0.717) is 33.9 Å². The Morgan fingerprint density at radius 3 is 2.25 bits per heavy atom. The number of fused-ring (bicyclic) bond motifs is 3. The first-order chi connectivity index (χ1) is 28.9. The summed E-state index contributed by atoms with van der Waals surface area (Å²) in [5.41, 5.74) is 6.58. The molecule has 2 aliphatic rings. The molecule has 1 fully saturated rings. The highest BCUT2D eigenvalue weighted by atomic mass is 16.5. The van der Waals surface area contributed by atoms with Crippen LogP contribution in [0.4, 0.5) is 11.4 Å². The number of rotatable bonds is 13. The van der Waals surface area contributed by atoms with Crippen molar-refractivity contribution < 1.29 is 23.8 Å². The second kappa shape index (κ2) is 18.0. The summed E-state index contributed by atoms with van der Waals surface area (Å²) in [6.45, 7) is 6.39. The molecule has 0 bridgehead atoms. The van der Waals surface area contributed by atoms with Crippen LogP contribution >= 0.6 is 0 Å². The summed E-state index contributed by atoms with van der Waals surface area (Å²) in [5.74, 6) is 0.310. The molecule has 0 radical (unpaired) electrons. The highest BCUT2D eigenvalue weighted by molar-refractivity contribution is 6.05. The molecule has 8 rings (SSSR count). The van der Waals surface area contributed by atoms with E-state index < -0.39 is 17.5 Å². The average Bonchev–Trinajstić information content (AvgIpc) is 3.29. The number of unbranched alkanes of at least 4 members (excludes halogenated alkanes) is 2. The minimum absolute atomic E-state index is 0.251. The number of esters is 2. The van der Waals surface area contributed by atoms with Crippen LogP contribution in [0.2, 0.25) is 0 Å². The van der Waals surface area contributed by atoms with Crippen LogP contribution in [-0.2, 0) is 16.8 Å². The van der Waals surface area contributed by atoms with Gasteiger partial charge in [-0.15, -0.1) is 0 Å². The molecule has 2 heterocycles. The lowest BCUT2D eigenvalue weighted by Gasteiger charge is -2.37. The van der Waals surface area contributed by atoms with E-state index in [4.69, 9.17) is 19.2 Å². The first kappa shape index (κ1) is 39.4. The Labute approximate surface area is 347 Å². The van der Waals surface area contributed by atoms with Gasteiger partial charge in [-0.1, -0.05) is 86.5 Å². The third-order valence-electron chi connectivity index (χ3n) is 11.3. The molecule has 0 aliphatic carbocycles. The SMILES string of the molecule is CCCCCc1ccc(OC(=O)c2ccc(/C=N/c3ccc4c5c(c(C(=O)OCC)cc4c3)C=CC(c3ccccc3)(c3ccc(N4CCCCC4)cc3)O5)cc2)cc1. The number of hydrogen-bond acceptors (Lipinski definition) is 7. The van der Waals surface area contributed by atoms with Crippen LogP contribution in [0.15, 0.2) is 138 Å². The molecular formula is C52H50N2O5. The van der Waals surface area contributed by atoms with Crippen molar-refractivity contribution in [3.05, 3.63) is 172 Å². The number of piperidine rings is 1. The Balaban J connectivity index is 1.06. The van der Waals surface area contributed by atoms with E-state index in [-0.39, 0.29) is 6.61 Å². The molecule has 0 N–H and O–H groups in total. The summed E-state index contributed by atoms with van der Waals surface area (Å²) in [5, 5.41) is 1.65. The van der Waals surface area contributed by atoms with Crippen molar-refractivity contribution in [2.24, 2.45) is 4.99 Å². The molecule has 0 amide bonds. The van der Waals surface area contributed by atoms with E-state index in [2.05, 4.69) is 54.3 Å². The van der Waals surface area contributed by atoms with Crippen molar-refractivity contribution in [1.82, 2.24) is 0 Å². The van der Waals surface area contributed by atoms with E-state index in [9.17, 15) is 9.59 Å². The summed E-state index contributed by atoms with van der Waals surface area (Å²) in [4.78, 5) is 33.7. The molecule has 1 saturated heterocycles. The standard InChI is InChI=1S/C52H50N2O5/c1-3-5-8-13-37-18-27-45(28-19-37)58-50(55)39-20-16-38(17-21-39)36-53-43-24-29-46-40(34-43)35-48(51(56)57-4-2)47-30-31-52(59-49(46)47,41-14-9-6-10-15-41)42-22-25-44(26-23-42)54-32-11-7-12-33-54/h6,9-10,14-31,34-36H,3-5,7-8,11-13,32-33H2,1-2H3/b53-36+. The van der Waals surface area contributed by atoms with E-state index in [1.807, 2.05) is 91.9 Å². The lowest BCUT2D eigenvalue weighted by molar-refractivity contribution is 0.0524. The summed E-state index contributed by atoms with van der Waals surface area (Å²) in [6, 6.07) is 41.6. The Morgan fingerprint density at radius 1 is 0.780 bits per heavy atom. The number of nitrogens with zero attached hydrogens (tertiary/aromatic N) is 2. The van der Waals surface area contributed by atoms with Crippen LogP contribution < -0.4 is 14.4 Å². The van der Waals surface area contributed by atoms with Gasteiger partial charge in [0.05, 0.1) is 23.4 Å². The van der Waals surface area contributed by atoms with Crippen molar-refractivity contribution >= 4 is 46.4 Å². The summed E-state index contributed by atoms with van der Waals surface area (Å²) in [7, 11) is 0. The molecule has 7 heteroatoms. The largest absolute Gasteiger partial charge is 0.472 e. The smallest absolute Gasteiger partial charge is 0.343 e. The molecule has 0 aromatic heterocycles. The predicted octanol–water partition coefficient (Wildman–Crippen LogP) is 12.1. The molecule has 0 spiro atoms. The van der Waals surface area contributed by atoms with Crippen LogP contribution in [0.3, 0.4) is 0 Å². The lowest BCUT2D eigenvalue weighted by atomic mass is 9.82. The zero-order valence-electron chi connectivity index (χ0n) is 33.9. The molecule has 298 valence electrons. The van der Waals surface area contributed by atoms with Crippen LogP contribution in [0.5, 0.6) is 11.5 Å². The Kier molecular flexibility index (Phi) is 12.0.